The first-order chi connectivity index (χ1) is 9.67. The summed E-state index contributed by atoms with van der Waals surface area (Å²) in [7, 11) is 0. The van der Waals surface area contributed by atoms with E-state index in [9.17, 15) is 9.59 Å². The zero-order chi connectivity index (χ0) is 14.8. The van der Waals surface area contributed by atoms with Gasteiger partial charge in [0.2, 0.25) is 0 Å². The third-order valence-corrected chi connectivity index (χ3v) is 2.66. The molecule has 0 saturated carbocycles. The Hall–Kier alpha value is -1.88. The van der Waals surface area contributed by atoms with Crippen LogP contribution in [-0.4, -0.2) is 36.7 Å². The summed E-state index contributed by atoms with van der Waals surface area (Å²) in [6.45, 7) is 1.98. The Labute approximate surface area is 118 Å². The molecule has 0 unspecified atom stereocenters. The number of hydrogen-bond donors (Lipinski definition) is 1. The van der Waals surface area contributed by atoms with Gasteiger partial charge in [0.05, 0.1) is 13.0 Å². The number of carbonyl (C=O) groups excluding carboxylic acids is 2. The number of ether oxygens (including phenoxy) is 2. The molecule has 0 aromatic heterocycles. The van der Waals surface area contributed by atoms with Crippen LogP contribution >= 0.6 is 0 Å². The van der Waals surface area contributed by atoms with E-state index in [0.717, 1.165) is 5.56 Å². The van der Waals surface area contributed by atoms with E-state index in [0.29, 0.717) is 18.8 Å². The van der Waals surface area contributed by atoms with Crippen molar-refractivity contribution < 1.29 is 24.2 Å². The number of aliphatic hydroxyl groups is 1. The van der Waals surface area contributed by atoms with Crippen LogP contribution in [0, 0.1) is 0 Å². The molecule has 0 aliphatic rings. The number of rotatable bonds is 9. The lowest BCUT2D eigenvalue weighted by molar-refractivity contribution is -0.144. The van der Waals surface area contributed by atoms with Gasteiger partial charge in [0.1, 0.15) is 12.4 Å². The summed E-state index contributed by atoms with van der Waals surface area (Å²) < 4.78 is 10.2. The van der Waals surface area contributed by atoms with Crippen molar-refractivity contribution in [2.24, 2.45) is 0 Å². The van der Waals surface area contributed by atoms with Gasteiger partial charge in [-0.05, 0) is 25.0 Å². The highest BCUT2D eigenvalue weighted by atomic mass is 16.5. The molecule has 0 bridgehead atoms. The molecule has 1 rings (SSSR count). The van der Waals surface area contributed by atoms with Gasteiger partial charge in [-0.3, -0.25) is 9.59 Å². The van der Waals surface area contributed by atoms with Gasteiger partial charge < -0.3 is 14.6 Å². The van der Waals surface area contributed by atoms with Crippen molar-refractivity contribution in [1.29, 1.82) is 0 Å². The maximum atomic E-state index is 11.6. The Morgan fingerprint density at radius 2 is 1.95 bits per heavy atom. The van der Waals surface area contributed by atoms with Gasteiger partial charge in [0.25, 0.3) is 0 Å². The van der Waals surface area contributed by atoms with E-state index < -0.39 is 0 Å². The summed E-state index contributed by atoms with van der Waals surface area (Å²) in [6, 6.07) is 7.25. The molecule has 0 aliphatic heterocycles. The number of ketones is 1. The lowest BCUT2D eigenvalue weighted by Crippen LogP contribution is -2.14. The van der Waals surface area contributed by atoms with Crippen LogP contribution in [0.1, 0.15) is 25.3 Å². The third kappa shape index (κ3) is 5.84. The van der Waals surface area contributed by atoms with Crippen molar-refractivity contribution in [3.8, 4) is 5.75 Å². The Morgan fingerprint density at radius 3 is 2.65 bits per heavy atom. The van der Waals surface area contributed by atoms with Crippen LogP contribution in [-0.2, 0) is 20.7 Å². The van der Waals surface area contributed by atoms with Crippen molar-refractivity contribution in [1.82, 2.24) is 0 Å². The zero-order valence-electron chi connectivity index (χ0n) is 11.6. The van der Waals surface area contributed by atoms with Gasteiger partial charge in [-0.15, -0.1) is 0 Å². The fraction of sp³-hybridized carbons (Fsp3) is 0.467. The van der Waals surface area contributed by atoms with E-state index in [1.54, 1.807) is 19.1 Å². The number of hydrogen-bond acceptors (Lipinski definition) is 5. The molecule has 5 nitrogen and oxygen atoms in total. The molecule has 5 heteroatoms. The predicted octanol–water partition coefficient (Wildman–Crippen LogP) is 1.51. The maximum absolute atomic E-state index is 11.6. The topological polar surface area (TPSA) is 72.8 Å². The van der Waals surface area contributed by atoms with Crippen molar-refractivity contribution >= 4 is 11.8 Å². The normalized spacial score (nSPS) is 10.1. The largest absolute Gasteiger partial charge is 0.486 e. The highest BCUT2D eigenvalue weighted by molar-refractivity contribution is 5.84. The third-order valence-electron chi connectivity index (χ3n) is 2.66. The number of para-hydroxylation sites is 1. The summed E-state index contributed by atoms with van der Waals surface area (Å²) in [5.74, 6) is 0.0596. The minimum Gasteiger partial charge on any atom is -0.486 e. The second kappa shape index (κ2) is 9.09. The standard InChI is InChI=1S/C15H20O5/c1-2-19-15(18)8-7-13(17)11-20-14-6-4-3-5-12(14)9-10-16/h3-6,16H,2,7-11H2,1H3. The minimum absolute atomic E-state index is 0.0250. The van der Waals surface area contributed by atoms with Crippen LogP contribution in [0.15, 0.2) is 24.3 Å². The van der Waals surface area contributed by atoms with Crippen LogP contribution in [0.2, 0.25) is 0 Å². The second-order valence-electron chi connectivity index (χ2n) is 4.21. The molecule has 0 atom stereocenters. The Kier molecular flexibility index (Phi) is 7.35. The minimum atomic E-state index is -0.374. The van der Waals surface area contributed by atoms with Gasteiger partial charge in [-0.1, -0.05) is 18.2 Å². The second-order valence-corrected chi connectivity index (χ2v) is 4.21. The van der Waals surface area contributed by atoms with Crippen LogP contribution < -0.4 is 4.74 Å². The Balaban J connectivity index is 2.39. The van der Waals surface area contributed by atoms with E-state index in [1.807, 2.05) is 12.1 Å². The first kappa shape index (κ1) is 16.2. The number of carbonyl (C=O) groups is 2. The molecule has 1 aromatic carbocycles. The summed E-state index contributed by atoms with van der Waals surface area (Å²) >= 11 is 0. The Bertz CT molecular complexity index is 442. The average Bonchev–Trinajstić information content (AvgIpc) is 2.45. The first-order valence-electron chi connectivity index (χ1n) is 6.66. The van der Waals surface area contributed by atoms with Gasteiger partial charge in [-0.2, -0.15) is 0 Å². The zero-order valence-corrected chi connectivity index (χ0v) is 11.6. The summed E-state index contributed by atoms with van der Waals surface area (Å²) in [5, 5.41) is 8.94. The van der Waals surface area contributed by atoms with Crippen LogP contribution in [0.3, 0.4) is 0 Å². The van der Waals surface area contributed by atoms with Gasteiger partial charge in [0, 0.05) is 13.0 Å². The predicted molar refractivity (Wildman–Crippen MR) is 73.6 cm³/mol. The van der Waals surface area contributed by atoms with Crippen molar-refractivity contribution in [3.63, 3.8) is 0 Å². The van der Waals surface area contributed by atoms with Gasteiger partial charge in [0.15, 0.2) is 5.78 Å². The molecule has 0 fully saturated rings. The van der Waals surface area contributed by atoms with E-state index in [4.69, 9.17) is 14.6 Å². The smallest absolute Gasteiger partial charge is 0.306 e. The molecule has 0 heterocycles. The van der Waals surface area contributed by atoms with Gasteiger partial charge >= 0.3 is 5.97 Å². The molecule has 0 spiro atoms. The average molecular weight is 280 g/mol. The summed E-state index contributed by atoms with van der Waals surface area (Å²) in [6.07, 6.45) is 0.669. The van der Waals surface area contributed by atoms with Crippen LogP contribution in [0.4, 0.5) is 0 Å². The quantitative estimate of drug-likeness (QED) is 0.694. The molecular weight excluding hydrogens is 260 g/mol. The highest BCUT2D eigenvalue weighted by Gasteiger charge is 2.09. The molecular formula is C15H20O5. The maximum Gasteiger partial charge on any atom is 0.306 e. The van der Waals surface area contributed by atoms with E-state index in [-0.39, 0.29) is 37.8 Å². The van der Waals surface area contributed by atoms with Crippen molar-refractivity contribution in [2.45, 2.75) is 26.2 Å². The lowest BCUT2D eigenvalue weighted by atomic mass is 10.1. The number of esters is 1. The molecule has 1 aromatic rings. The fourth-order valence-electron chi connectivity index (χ4n) is 1.68. The summed E-state index contributed by atoms with van der Waals surface area (Å²) in [5.41, 5.74) is 0.855. The molecule has 0 aliphatic carbocycles. The highest BCUT2D eigenvalue weighted by Crippen LogP contribution is 2.18. The number of Topliss-reactive ketones (excluding diaryl/α,β-unsaturated/α-hetero) is 1. The molecule has 1 N–H and O–H groups in total. The lowest BCUT2D eigenvalue weighted by Gasteiger charge is -2.10. The first-order valence-corrected chi connectivity index (χ1v) is 6.66. The van der Waals surface area contributed by atoms with Crippen molar-refractivity contribution in [2.75, 3.05) is 19.8 Å². The number of aliphatic hydroxyl groups excluding tert-OH is 1. The number of benzene rings is 1. The molecule has 0 saturated heterocycles. The van der Waals surface area contributed by atoms with E-state index in [1.165, 1.54) is 0 Å². The molecule has 20 heavy (non-hydrogen) atoms. The monoisotopic (exact) mass is 280 g/mol. The molecule has 110 valence electrons. The van der Waals surface area contributed by atoms with E-state index >= 15 is 0 Å². The molecule has 0 amide bonds. The van der Waals surface area contributed by atoms with Crippen LogP contribution in [0.25, 0.3) is 0 Å². The van der Waals surface area contributed by atoms with E-state index in [2.05, 4.69) is 0 Å². The fourth-order valence-corrected chi connectivity index (χ4v) is 1.68. The Morgan fingerprint density at radius 1 is 1.20 bits per heavy atom. The SMILES string of the molecule is CCOC(=O)CCC(=O)COc1ccccc1CCO. The van der Waals surface area contributed by atoms with Crippen molar-refractivity contribution in [3.05, 3.63) is 29.8 Å². The van der Waals surface area contributed by atoms with Crippen LogP contribution in [0.5, 0.6) is 5.75 Å². The summed E-state index contributed by atoms with van der Waals surface area (Å²) in [4.78, 5) is 22.7. The van der Waals surface area contributed by atoms with Gasteiger partial charge in [-0.25, -0.2) is 0 Å². The molecule has 0 radical (unpaired) electrons.